The van der Waals surface area contributed by atoms with Crippen molar-refractivity contribution in [1.82, 2.24) is 4.57 Å². The smallest absolute Gasteiger partial charge is 0.197 e. The van der Waals surface area contributed by atoms with Crippen LogP contribution in [0, 0.1) is 0 Å². The number of hydrogen-bond donors (Lipinski definition) is 1. The molecule has 2 nitrogen and oxygen atoms in total. The van der Waals surface area contributed by atoms with E-state index in [2.05, 4.69) is 158 Å². The minimum Gasteiger partial charge on any atom is -0.355 e. The molecule has 9 aromatic rings. The first-order valence-electron chi connectivity index (χ1n) is 16.4. The van der Waals surface area contributed by atoms with Gasteiger partial charge in [-0.3, -0.25) is 0 Å². The maximum Gasteiger partial charge on any atom is 0.197 e. The van der Waals surface area contributed by atoms with Crippen molar-refractivity contribution < 1.29 is 0 Å². The van der Waals surface area contributed by atoms with Gasteiger partial charge >= 0.3 is 0 Å². The van der Waals surface area contributed by atoms with Crippen molar-refractivity contribution in [3.63, 3.8) is 0 Å². The van der Waals surface area contributed by atoms with Crippen LogP contribution in [-0.4, -0.2) is 11.8 Å². The van der Waals surface area contributed by atoms with Crippen LogP contribution in [0.5, 0.6) is 0 Å². The summed E-state index contributed by atoms with van der Waals surface area (Å²) >= 11 is 1.90. The first-order chi connectivity index (χ1) is 23.1. The highest BCUT2D eigenvalue weighted by molar-refractivity contribution is 7.26. The lowest BCUT2D eigenvalue weighted by atomic mass is 9.58. The molecule has 1 N–H and O–H groups in total. The zero-order valence-corrected chi connectivity index (χ0v) is 26.9. The molecule has 4 heteroatoms. The van der Waals surface area contributed by atoms with Gasteiger partial charge in [0.15, 0.2) is 7.28 Å². The number of fused-ring (bicyclic) bond motifs is 12. The molecule has 1 radical (unpaired) electrons. The van der Waals surface area contributed by atoms with Crippen LogP contribution in [0.25, 0.3) is 69.6 Å². The molecular weight excluding hydrogens is 587 g/mol. The largest absolute Gasteiger partial charge is 0.355 e. The Labute approximate surface area is 277 Å². The van der Waals surface area contributed by atoms with Crippen molar-refractivity contribution in [2.24, 2.45) is 0 Å². The summed E-state index contributed by atoms with van der Waals surface area (Å²) in [6.45, 7) is 4.73. The molecule has 0 spiro atoms. The van der Waals surface area contributed by atoms with Gasteiger partial charge in [-0.05, 0) is 45.7 Å². The molecular formula is C43H28BN2S. The van der Waals surface area contributed by atoms with E-state index in [1.54, 1.807) is 0 Å². The summed E-state index contributed by atoms with van der Waals surface area (Å²) in [6, 6.07) is 47.3. The lowest BCUT2D eigenvalue weighted by molar-refractivity contribution is 0.638. The number of nitrogens with zero attached hydrogens (tertiary/aromatic N) is 1. The van der Waals surface area contributed by atoms with E-state index in [9.17, 15) is 0 Å². The van der Waals surface area contributed by atoms with Crippen molar-refractivity contribution >= 4 is 93.7 Å². The van der Waals surface area contributed by atoms with Crippen molar-refractivity contribution in [3.05, 3.63) is 139 Å². The zero-order chi connectivity index (χ0) is 31.0. The number of thiophene rings is 1. The summed E-state index contributed by atoms with van der Waals surface area (Å²) < 4.78 is 5.21. The second-order valence-electron chi connectivity index (χ2n) is 13.6. The standard InChI is InChI=1S/C43H28BN2S/c1-43(2)30-16-6-7-19-33(30)45-40-29(15-9-17-31(40)43)38-37-28-13-5-8-20-35(28)47-36(37)23-34-39(38)44-32-18-10-14-26-27-22-21-24-11-3-4-12-25(24)41(27)46(34)42(26)32/h3-23,45H,1-2H3. The molecule has 2 aromatic heterocycles. The third-order valence-corrected chi connectivity index (χ3v) is 11.9. The van der Waals surface area contributed by atoms with Gasteiger partial charge in [0.1, 0.15) is 0 Å². The molecule has 47 heavy (non-hydrogen) atoms. The van der Waals surface area contributed by atoms with Gasteiger partial charge in [0, 0.05) is 64.2 Å². The molecule has 2 aliphatic rings. The molecule has 11 rings (SSSR count). The normalized spacial score (nSPS) is 14.3. The van der Waals surface area contributed by atoms with Gasteiger partial charge in [0.25, 0.3) is 0 Å². The highest BCUT2D eigenvalue weighted by Gasteiger charge is 2.35. The molecule has 0 atom stereocenters. The van der Waals surface area contributed by atoms with Crippen LogP contribution in [0.2, 0.25) is 0 Å². The molecule has 219 valence electrons. The van der Waals surface area contributed by atoms with E-state index < -0.39 is 0 Å². The Balaban J connectivity index is 1.33. The minimum absolute atomic E-state index is 0.143. The van der Waals surface area contributed by atoms with Crippen molar-refractivity contribution in [2.75, 3.05) is 5.32 Å². The van der Waals surface area contributed by atoms with E-state index in [0.29, 0.717) is 0 Å². The summed E-state index contributed by atoms with van der Waals surface area (Å²) in [7, 11) is 2.46. The second kappa shape index (κ2) is 8.93. The predicted octanol–water partition coefficient (Wildman–Crippen LogP) is 10.3. The number of aromatic nitrogens is 1. The summed E-state index contributed by atoms with van der Waals surface area (Å²) in [5.41, 5.74) is 13.8. The van der Waals surface area contributed by atoms with Gasteiger partial charge in [0.05, 0.1) is 11.2 Å². The summed E-state index contributed by atoms with van der Waals surface area (Å²) in [5.74, 6) is 0. The molecule has 0 unspecified atom stereocenters. The first-order valence-corrected chi connectivity index (χ1v) is 17.2. The molecule has 4 heterocycles. The maximum absolute atomic E-state index is 3.95. The number of nitrogens with one attached hydrogen (secondary N) is 1. The number of benzene rings is 7. The van der Waals surface area contributed by atoms with E-state index in [1.807, 2.05) is 11.3 Å². The van der Waals surface area contributed by atoms with Gasteiger partial charge in [0.2, 0.25) is 0 Å². The summed E-state index contributed by atoms with van der Waals surface area (Å²) in [4.78, 5) is 0. The van der Waals surface area contributed by atoms with Crippen molar-refractivity contribution in [2.45, 2.75) is 19.3 Å². The lowest BCUT2D eigenvalue weighted by Gasteiger charge is -2.37. The monoisotopic (exact) mass is 615 g/mol. The number of hydrogen-bond acceptors (Lipinski definition) is 2. The highest BCUT2D eigenvalue weighted by Crippen LogP contribution is 2.51. The highest BCUT2D eigenvalue weighted by atomic mass is 32.1. The average Bonchev–Trinajstić information content (AvgIpc) is 3.65. The molecule has 2 aliphatic heterocycles. The Morgan fingerprint density at radius 2 is 1.38 bits per heavy atom. The van der Waals surface area contributed by atoms with E-state index in [4.69, 9.17) is 0 Å². The fourth-order valence-corrected chi connectivity index (χ4v) is 9.85. The third kappa shape index (κ3) is 3.26. The van der Waals surface area contributed by atoms with Crippen LogP contribution in [0.1, 0.15) is 25.0 Å². The van der Waals surface area contributed by atoms with Crippen LogP contribution in [0.3, 0.4) is 0 Å². The van der Waals surface area contributed by atoms with Gasteiger partial charge < -0.3 is 9.88 Å². The SMILES string of the molecule is CC1(C)c2ccccc2Nc2c(-c3c4c(cc5sc6ccccc6c35)-n3c5c(cccc5c5ccc6ccccc6c53)[B]4)cccc21. The topological polar surface area (TPSA) is 17.0 Å². The molecule has 0 fully saturated rings. The quantitative estimate of drug-likeness (QED) is 0.182. The number of anilines is 2. The Morgan fingerprint density at radius 1 is 0.638 bits per heavy atom. The Hall–Kier alpha value is -5.32. The molecule has 0 bridgehead atoms. The molecule has 0 amide bonds. The van der Waals surface area contributed by atoms with Gasteiger partial charge in [-0.25, -0.2) is 0 Å². The van der Waals surface area contributed by atoms with Crippen LogP contribution >= 0.6 is 11.3 Å². The Morgan fingerprint density at radius 3 is 2.32 bits per heavy atom. The third-order valence-electron chi connectivity index (χ3n) is 10.8. The van der Waals surface area contributed by atoms with E-state index in [-0.39, 0.29) is 5.41 Å². The van der Waals surface area contributed by atoms with Gasteiger partial charge in [-0.15, -0.1) is 11.3 Å². The fourth-order valence-electron chi connectivity index (χ4n) is 8.70. The Bertz CT molecular complexity index is 2840. The first kappa shape index (κ1) is 25.8. The summed E-state index contributed by atoms with van der Waals surface area (Å²) in [5, 5.41) is 11.8. The number of para-hydroxylation sites is 3. The second-order valence-corrected chi connectivity index (χ2v) is 14.7. The van der Waals surface area contributed by atoms with E-state index in [1.165, 1.54) is 103 Å². The average molecular weight is 616 g/mol. The fraction of sp³-hybridized carbons (Fsp3) is 0.0698. The van der Waals surface area contributed by atoms with Crippen LogP contribution in [0.4, 0.5) is 11.4 Å². The van der Waals surface area contributed by atoms with E-state index >= 15 is 0 Å². The zero-order valence-electron chi connectivity index (χ0n) is 26.1. The van der Waals surface area contributed by atoms with E-state index in [0.717, 1.165) is 0 Å². The van der Waals surface area contributed by atoms with Crippen LogP contribution < -0.4 is 16.2 Å². The van der Waals surface area contributed by atoms with Crippen LogP contribution in [-0.2, 0) is 5.41 Å². The Kier molecular flexibility index (Phi) is 4.91. The van der Waals surface area contributed by atoms with Crippen molar-refractivity contribution in [3.8, 4) is 16.8 Å². The maximum atomic E-state index is 3.95. The van der Waals surface area contributed by atoms with Crippen molar-refractivity contribution in [1.29, 1.82) is 0 Å². The molecule has 7 aromatic carbocycles. The molecule has 0 saturated heterocycles. The number of rotatable bonds is 1. The van der Waals surface area contributed by atoms with Gasteiger partial charge in [-0.1, -0.05) is 129 Å². The van der Waals surface area contributed by atoms with Crippen LogP contribution in [0.15, 0.2) is 127 Å². The van der Waals surface area contributed by atoms with Gasteiger partial charge in [-0.2, -0.15) is 0 Å². The molecule has 0 saturated carbocycles. The minimum atomic E-state index is -0.143. The summed E-state index contributed by atoms with van der Waals surface area (Å²) in [6.07, 6.45) is 0. The lowest BCUT2D eigenvalue weighted by Crippen LogP contribution is -2.37. The predicted molar refractivity (Wildman–Crippen MR) is 203 cm³/mol. The molecule has 0 aliphatic carbocycles.